The SMILES string of the molecule is CC(C)c1ccc([C@H]2CCOC(=O)N2)cc1. The summed E-state index contributed by atoms with van der Waals surface area (Å²) in [7, 11) is 0. The maximum atomic E-state index is 11.1. The molecule has 2 rings (SSSR count). The van der Waals surface area contributed by atoms with Crippen molar-refractivity contribution in [3.05, 3.63) is 35.4 Å². The number of rotatable bonds is 2. The van der Waals surface area contributed by atoms with Crippen LogP contribution in [0.1, 0.15) is 43.4 Å². The number of carbonyl (C=O) groups is 1. The van der Waals surface area contributed by atoms with E-state index in [2.05, 4.69) is 43.4 Å². The number of nitrogens with one attached hydrogen (secondary N) is 1. The Kier molecular flexibility index (Phi) is 3.13. The predicted octanol–water partition coefficient (Wildman–Crippen LogP) is 2.98. The van der Waals surface area contributed by atoms with Crippen molar-refractivity contribution < 1.29 is 9.53 Å². The molecule has 1 aliphatic heterocycles. The smallest absolute Gasteiger partial charge is 0.407 e. The van der Waals surface area contributed by atoms with Gasteiger partial charge in [-0.3, -0.25) is 0 Å². The van der Waals surface area contributed by atoms with Gasteiger partial charge < -0.3 is 10.1 Å². The van der Waals surface area contributed by atoms with E-state index in [9.17, 15) is 4.79 Å². The molecule has 3 heteroatoms. The van der Waals surface area contributed by atoms with Crippen molar-refractivity contribution in [1.29, 1.82) is 0 Å². The van der Waals surface area contributed by atoms with E-state index in [1.165, 1.54) is 5.56 Å². The van der Waals surface area contributed by atoms with Crippen LogP contribution in [0.5, 0.6) is 0 Å². The number of hydrogen-bond acceptors (Lipinski definition) is 2. The summed E-state index contributed by atoms with van der Waals surface area (Å²) in [5.74, 6) is 0.540. The molecule has 1 saturated heterocycles. The minimum Gasteiger partial charge on any atom is -0.449 e. The van der Waals surface area contributed by atoms with Gasteiger partial charge in [-0.05, 0) is 17.0 Å². The molecular weight excluding hydrogens is 202 g/mol. The van der Waals surface area contributed by atoms with Crippen molar-refractivity contribution >= 4 is 6.09 Å². The highest BCUT2D eigenvalue weighted by Crippen LogP contribution is 2.22. The number of carbonyl (C=O) groups excluding carboxylic acids is 1. The highest BCUT2D eigenvalue weighted by Gasteiger charge is 2.20. The minimum atomic E-state index is -0.316. The third-order valence-electron chi connectivity index (χ3n) is 2.94. The first-order valence-electron chi connectivity index (χ1n) is 5.70. The summed E-state index contributed by atoms with van der Waals surface area (Å²) in [5, 5.41) is 2.82. The predicted molar refractivity (Wildman–Crippen MR) is 62.4 cm³/mol. The van der Waals surface area contributed by atoms with Gasteiger partial charge in [0.05, 0.1) is 12.6 Å². The van der Waals surface area contributed by atoms with Gasteiger partial charge in [-0.25, -0.2) is 4.79 Å². The van der Waals surface area contributed by atoms with Crippen molar-refractivity contribution in [1.82, 2.24) is 5.32 Å². The van der Waals surface area contributed by atoms with Crippen LogP contribution in [0.25, 0.3) is 0 Å². The molecule has 86 valence electrons. The van der Waals surface area contributed by atoms with Gasteiger partial charge in [-0.15, -0.1) is 0 Å². The van der Waals surface area contributed by atoms with Crippen LogP contribution < -0.4 is 5.32 Å². The molecule has 0 radical (unpaired) electrons. The summed E-state index contributed by atoms with van der Waals surface area (Å²) in [4.78, 5) is 11.1. The molecule has 0 aromatic heterocycles. The quantitative estimate of drug-likeness (QED) is 0.830. The van der Waals surface area contributed by atoms with E-state index in [-0.39, 0.29) is 12.1 Å². The van der Waals surface area contributed by atoms with Crippen LogP contribution >= 0.6 is 0 Å². The first-order chi connectivity index (χ1) is 7.66. The largest absolute Gasteiger partial charge is 0.449 e. The lowest BCUT2D eigenvalue weighted by Gasteiger charge is -2.23. The number of hydrogen-bond donors (Lipinski definition) is 1. The summed E-state index contributed by atoms with van der Waals surface area (Å²) >= 11 is 0. The van der Waals surface area contributed by atoms with Crippen molar-refractivity contribution in [2.24, 2.45) is 0 Å². The van der Waals surface area contributed by atoms with E-state index in [0.29, 0.717) is 12.5 Å². The molecule has 1 aliphatic rings. The van der Waals surface area contributed by atoms with Crippen molar-refractivity contribution in [3.8, 4) is 0 Å². The zero-order valence-electron chi connectivity index (χ0n) is 9.69. The Morgan fingerprint density at radius 3 is 2.56 bits per heavy atom. The monoisotopic (exact) mass is 219 g/mol. The second-order valence-electron chi connectivity index (χ2n) is 4.44. The molecule has 1 heterocycles. The first-order valence-corrected chi connectivity index (χ1v) is 5.70. The fraction of sp³-hybridized carbons (Fsp3) is 0.462. The molecule has 0 aliphatic carbocycles. The third kappa shape index (κ3) is 2.35. The average Bonchev–Trinajstić information content (AvgIpc) is 2.29. The van der Waals surface area contributed by atoms with Crippen LogP contribution in [-0.2, 0) is 4.74 Å². The van der Waals surface area contributed by atoms with Gasteiger partial charge in [0.2, 0.25) is 0 Å². The molecule has 3 nitrogen and oxygen atoms in total. The Bertz CT molecular complexity index is 370. The maximum Gasteiger partial charge on any atom is 0.407 e. The van der Waals surface area contributed by atoms with E-state index in [1.807, 2.05) is 0 Å². The number of alkyl carbamates (subject to hydrolysis) is 1. The molecule has 1 fully saturated rings. The molecule has 0 saturated carbocycles. The number of ether oxygens (including phenoxy) is 1. The minimum absolute atomic E-state index is 0.0995. The summed E-state index contributed by atoms with van der Waals surface area (Å²) in [5.41, 5.74) is 2.48. The van der Waals surface area contributed by atoms with E-state index in [4.69, 9.17) is 4.74 Å². The molecule has 1 N–H and O–H groups in total. The second kappa shape index (κ2) is 4.56. The van der Waals surface area contributed by atoms with Gasteiger partial charge in [0.25, 0.3) is 0 Å². The van der Waals surface area contributed by atoms with Gasteiger partial charge in [0.1, 0.15) is 0 Å². The van der Waals surface area contributed by atoms with Gasteiger partial charge in [0, 0.05) is 6.42 Å². The first kappa shape index (κ1) is 11.0. The zero-order valence-corrected chi connectivity index (χ0v) is 9.69. The Hall–Kier alpha value is -1.51. The lowest BCUT2D eigenvalue weighted by atomic mass is 9.98. The van der Waals surface area contributed by atoms with Crippen molar-refractivity contribution in [2.75, 3.05) is 6.61 Å². The van der Waals surface area contributed by atoms with Gasteiger partial charge in [-0.1, -0.05) is 38.1 Å². The molecule has 16 heavy (non-hydrogen) atoms. The molecular formula is C13H17NO2. The van der Waals surface area contributed by atoms with Crippen LogP contribution in [0.4, 0.5) is 4.79 Å². The number of cyclic esters (lactones) is 1. The van der Waals surface area contributed by atoms with E-state index in [0.717, 1.165) is 12.0 Å². The standard InChI is InChI=1S/C13H17NO2/c1-9(2)10-3-5-11(6-4-10)12-7-8-16-13(15)14-12/h3-6,9,12H,7-8H2,1-2H3,(H,14,15)/t12-/m1/s1. The molecule has 1 atom stereocenters. The molecule has 0 unspecified atom stereocenters. The lowest BCUT2D eigenvalue weighted by molar-refractivity contribution is 0.115. The van der Waals surface area contributed by atoms with Crippen LogP contribution in [0.3, 0.4) is 0 Å². The fourth-order valence-electron chi connectivity index (χ4n) is 1.89. The average molecular weight is 219 g/mol. The molecule has 1 amide bonds. The Labute approximate surface area is 95.8 Å². The highest BCUT2D eigenvalue weighted by atomic mass is 16.5. The third-order valence-corrected chi connectivity index (χ3v) is 2.94. The topological polar surface area (TPSA) is 38.3 Å². The Morgan fingerprint density at radius 2 is 2.00 bits per heavy atom. The normalized spacial score (nSPS) is 20.4. The summed E-state index contributed by atoms with van der Waals surface area (Å²) in [6.45, 7) is 4.85. The molecule has 1 aromatic carbocycles. The lowest BCUT2D eigenvalue weighted by Crippen LogP contribution is -2.35. The fourth-order valence-corrected chi connectivity index (χ4v) is 1.89. The van der Waals surface area contributed by atoms with E-state index < -0.39 is 0 Å². The zero-order chi connectivity index (χ0) is 11.5. The maximum absolute atomic E-state index is 11.1. The Morgan fingerprint density at radius 1 is 1.31 bits per heavy atom. The summed E-state index contributed by atoms with van der Waals surface area (Å²) < 4.78 is 4.84. The van der Waals surface area contributed by atoms with Gasteiger partial charge >= 0.3 is 6.09 Å². The number of benzene rings is 1. The Balaban J connectivity index is 2.11. The van der Waals surface area contributed by atoms with Crippen LogP contribution in [0.15, 0.2) is 24.3 Å². The molecule has 0 spiro atoms. The summed E-state index contributed by atoms with van der Waals surface area (Å²) in [6, 6.07) is 8.53. The molecule has 1 aromatic rings. The van der Waals surface area contributed by atoms with Crippen molar-refractivity contribution in [3.63, 3.8) is 0 Å². The molecule has 0 bridgehead atoms. The van der Waals surface area contributed by atoms with Crippen molar-refractivity contribution in [2.45, 2.75) is 32.2 Å². The second-order valence-corrected chi connectivity index (χ2v) is 4.44. The van der Waals surface area contributed by atoms with Crippen LogP contribution in [-0.4, -0.2) is 12.7 Å². The van der Waals surface area contributed by atoms with E-state index >= 15 is 0 Å². The van der Waals surface area contributed by atoms with E-state index in [1.54, 1.807) is 0 Å². The van der Waals surface area contributed by atoms with Crippen LogP contribution in [0, 0.1) is 0 Å². The van der Waals surface area contributed by atoms with Gasteiger partial charge in [-0.2, -0.15) is 0 Å². The summed E-state index contributed by atoms with van der Waals surface area (Å²) in [6.07, 6.45) is 0.524. The van der Waals surface area contributed by atoms with Crippen LogP contribution in [0.2, 0.25) is 0 Å². The highest BCUT2D eigenvalue weighted by molar-refractivity contribution is 5.68. The van der Waals surface area contributed by atoms with Gasteiger partial charge in [0.15, 0.2) is 0 Å². The number of amides is 1.